The van der Waals surface area contributed by atoms with E-state index >= 15 is 0 Å². The fraction of sp³-hybridized carbons (Fsp3) is 0.929. The van der Waals surface area contributed by atoms with Gasteiger partial charge in [-0.2, -0.15) is 0 Å². The van der Waals surface area contributed by atoms with Gasteiger partial charge in [-0.3, -0.25) is 4.79 Å². The Bertz CT molecular complexity index is 240. The molecule has 0 heterocycles. The van der Waals surface area contributed by atoms with Gasteiger partial charge in [0.05, 0.1) is 6.04 Å². The first kappa shape index (κ1) is 15.4. The van der Waals surface area contributed by atoms with Gasteiger partial charge in [0.2, 0.25) is 5.91 Å². The van der Waals surface area contributed by atoms with E-state index in [9.17, 15) is 4.79 Å². The largest absolute Gasteiger partial charge is 0.385 e. The van der Waals surface area contributed by atoms with Crippen molar-refractivity contribution in [2.75, 3.05) is 27.3 Å². The number of rotatable bonds is 7. The third-order valence-corrected chi connectivity index (χ3v) is 3.85. The maximum absolute atomic E-state index is 12.1. The minimum atomic E-state index is -0.319. The molecule has 1 aliphatic rings. The Morgan fingerprint density at radius 3 is 2.67 bits per heavy atom. The van der Waals surface area contributed by atoms with Crippen molar-refractivity contribution in [3.05, 3.63) is 0 Å². The Balaban J connectivity index is 2.25. The Morgan fingerprint density at radius 2 is 2.06 bits per heavy atom. The number of hydrogen-bond acceptors (Lipinski definition) is 3. The molecule has 0 aromatic heterocycles. The van der Waals surface area contributed by atoms with Gasteiger partial charge in [0, 0.05) is 27.3 Å². The summed E-state index contributed by atoms with van der Waals surface area (Å²) in [6.45, 7) is 1.42. The molecular weight excluding hydrogens is 228 g/mol. The summed E-state index contributed by atoms with van der Waals surface area (Å²) < 4.78 is 4.98. The van der Waals surface area contributed by atoms with Gasteiger partial charge < -0.3 is 15.4 Å². The highest BCUT2D eigenvalue weighted by Gasteiger charge is 2.23. The van der Waals surface area contributed by atoms with Crippen molar-refractivity contribution in [3.8, 4) is 0 Å². The Morgan fingerprint density at radius 1 is 1.39 bits per heavy atom. The Labute approximate surface area is 111 Å². The van der Waals surface area contributed by atoms with Gasteiger partial charge in [0.25, 0.3) is 0 Å². The summed E-state index contributed by atoms with van der Waals surface area (Å²) in [5.41, 5.74) is 6.03. The van der Waals surface area contributed by atoms with Crippen LogP contribution in [0.25, 0.3) is 0 Å². The highest BCUT2D eigenvalue weighted by atomic mass is 16.5. The smallest absolute Gasteiger partial charge is 0.239 e. The van der Waals surface area contributed by atoms with E-state index in [2.05, 4.69) is 0 Å². The summed E-state index contributed by atoms with van der Waals surface area (Å²) >= 11 is 0. The second-order valence-electron chi connectivity index (χ2n) is 5.45. The van der Waals surface area contributed by atoms with Gasteiger partial charge in [-0.05, 0) is 18.8 Å². The average molecular weight is 256 g/mol. The molecule has 1 fully saturated rings. The predicted octanol–water partition coefficient (Wildman–Crippen LogP) is 1.78. The molecule has 106 valence electrons. The van der Waals surface area contributed by atoms with Crippen molar-refractivity contribution < 1.29 is 9.53 Å². The summed E-state index contributed by atoms with van der Waals surface area (Å²) in [4.78, 5) is 13.8. The van der Waals surface area contributed by atoms with Gasteiger partial charge in [-0.25, -0.2) is 0 Å². The maximum Gasteiger partial charge on any atom is 0.239 e. The lowest BCUT2D eigenvalue weighted by Gasteiger charge is -2.26. The molecule has 4 nitrogen and oxygen atoms in total. The molecule has 0 aromatic carbocycles. The molecule has 0 aromatic rings. The Kier molecular flexibility index (Phi) is 7.28. The summed E-state index contributed by atoms with van der Waals surface area (Å²) in [5.74, 6) is 0.738. The second-order valence-corrected chi connectivity index (χ2v) is 5.45. The zero-order chi connectivity index (χ0) is 13.4. The monoisotopic (exact) mass is 256 g/mol. The highest BCUT2D eigenvalue weighted by Crippen LogP contribution is 2.27. The number of likely N-dealkylation sites (N-methyl/N-ethyl adjacent to an activating group) is 1. The van der Waals surface area contributed by atoms with Gasteiger partial charge in [-0.1, -0.05) is 32.1 Å². The summed E-state index contributed by atoms with van der Waals surface area (Å²) in [7, 11) is 3.51. The van der Waals surface area contributed by atoms with E-state index in [0.717, 1.165) is 19.4 Å². The molecule has 18 heavy (non-hydrogen) atoms. The molecule has 0 saturated heterocycles. The molecule has 4 heteroatoms. The third-order valence-electron chi connectivity index (χ3n) is 3.85. The lowest BCUT2D eigenvalue weighted by Crippen LogP contribution is -2.43. The molecule has 0 spiro atoms. The first-order chi connectivity index (χ1) is 8.65. The summed E-state index contributed by atoms with van der Waals surface area (Å²) in [5, 5.41) is 0. The van der Waals surface area contributed by atoms with Crippen molar-refractivity contribution in [2.45, 2.75) is 51.0 Å². The van der Waals surface area contributed by atoms with Gasteiger partial charge >= 0.3 is 0 Å². The topological polar surface area (TPSA) is 55.6 Å². The van der Waals surface area contributed by atoms with Gasteiger partial charge in [-0.15, -0.1) is 0 Å². The molecule has 0 aliphatic heterocycles. The standard InChI is InChI=1S/C14H28N2O2/c1-16(9-6-10-18-2)14(17)13(15)11-12-7-4-3-5-8-12/h12-13H,3-11,15H2,1-2H3. The second kappa shape index (κ2) is 8.48. The van der Waals surface area contributed by atoms with Crippen LogP contribution in [0.3, 0.4) is 0 Å². The third kappa shape index (κ3) is 5.36. The van der Waals surface area contributed by atoms with E-state index < -0.39 is 0 Å². The number of methoxy groups -OCH3 is 1. The van der Waals surface area contributed by atoms with Crippen LogP contribution in [0.4, 0.5) is 0 Å². The molecule has 0 radical (unpaired) electrons. The highest BCUT2D eigenvalue weighted by molar-refractivity contribution is 5.81. The molecule has 1 saturated carbocycles. The first-order valence-corrected chi connectivity index (χ1v) is 7.14. The first-order valence-electron chi connectivity index (χ1n) is 7.14. The number of nitrogens with zero attached hydrogens (tertiary/aromatic N) is 1. The molecule has 1 amide bonds. The zero-order valence-electron chi connectivity index (χ0n) is 11.9. The van der Waals surface area contributed by atoms with Crippen LogP contribution in [-0.2, 0) is 9.53 Å². The van der Waals surface area contributed by atoms with Crippen LogP contribution in [-0.4, -0.2) is 44.2 Å². The fourth-order valence-electron chi connectivity index (χ4n) is 2.72. The normalized spacial score (nSPS) is 18.6. The van der Waals surface area contributed by atoms with Crippen molar-refractivity contribution in [3.63, 3.8) is 0 Å². The van der Waals surface area contributed by atoms with E-state index in [0.29, 0.717) is 12.5 Å². The molecule has 1 rings (SSSR count). The minimum absolute atomic E-state index is 0.0803. The SMILES string of the molecule is COCCCN(C)C(=O)C(N)CC1CCCCC1. The molecule has 2 N–H and O–H groups in total. The molecule has 1 unspecified atom stereocenters. The maximum atomic E-state index is 12.1. The zero-order valence-corrected chi connectivity index (χ0v) is 11.9. The lowest BCUT2D eigenvalue weighted by atomic mass is 9.85. The predicted molar refractivity (Wildman–Crippen MR) is 73.3 cm³/mol. The van der Waals surface area contributed by atoms with Crippen LogP contribution in [0.5, 0.6) is 0 Å². The Hall–Kier alpha value is -0.610. The van der Waals surface area contributed by atoms with Crippen LogP contribution < -0.4 is 5.73 Å². The number of ether oxygens (including phenoxy) is 1. The fourth-order valence-corrected chi connectivity index (χ4v) is 2.72. The van der Waals surface area contributed by atoms with E-state index in [-0.39, 0.29) is 11.9 Å². The average Bonchev–Trinajstić information content (AvgIpc) is 2.39. The van der Waals surface area contributed by atoms with Gasteiger partial charge in [0.15, 0.2) is 0 Å². The minimum Gasteiger partial charge on any atom is -0.385 e. The van der Waals surface area contributed by atoms with Crippen LogP contribution in [0.2, 0.25) is 0 Å². The van der Waals surface area contributed by atoms with Crippen LogP contribution >= 0.6 is 0 Å². The summed E-state index contributed by atoms with van der Waals surface area (Å²) in [6.07, 6.45) is 8.16. The number of hydrogen-bond donors (Lipinski definition) is 1. The van der Waals surface area contributed by atoms with Gasteiger partial charge in [0.1, 0.15) is 0 Å². The van der Waals surface area contributed by atoms with Crippen molar-refractivity contribution in [1.82, 2.24) is 4.90 Å². The van der Waals surface area contributed by atoms with Crippen molar-refractivity contribution in [2.24, 2.45) is 11.7 Å². The number of carbonyl (C=O) groups is 1. The van der Waals surface area contributed by atoms with E-state index in [4.69, 9.17) is 10.5 Å². The molecule has 0 bridgehead atoms. The number of amides is 1. The number of carbonyl (C=O) groups excluding carboxylic acids is 1. The van der Waals surface area contributed by atoms with Crippen LogP contribution in [0, 0.1) is 5.92 Å². The summed E-state index contributed by atoms with van der Waals surface area (Å²) in [6, 6.07) is -0.319. The van der Waals surface area contributed by atoms with Crippen LogP contribution in [0.1, 0.15) is 44.9 Å². The lowest BCUT2D eigenvalue weighted by molar-refractivity contribution is -0.131. The van der Waals surface area contributed by atoms with E-state index in [1.165, 1.54) is 32.1 Å². The van der Waals surface area contributed by atoms with E-state index in [1.54, 1.807) is 12.0 Å². The van der Waals surface area contributed by atoms with E-state index in [1.807, 2.05) is 7.05 Å². The van der Waals surface area contributed by atoms with Crippen LogP contribution in [0.15, 0.2) is 0 Å². The number of nitrogens with two attached hydrogens (primary N) is 1. The van der Waals surface area contributed by atoms with Crippen molar-refractivity contribution in [1.29, 1.82) is 0 Å². The molecule has 1 atom stereocenters. The molecular formula is C14H28N2O2. The molecule has 1 aliphatic carbocycles. The van der Waals surface area contributed by atoms with Crippen molar-refractivity contribution >= 4 is 5.91 Å². The quantitative estimate of drug-likeness (QED) is 0.706.